The summed E-state index contributed by atoms with van der Waals surface area (Å²) in [5, 5.41) is 22.4. The predicted molar refractivity (Wildman–Crippen MR) is 106 cm³/mol. The Bertz CT molecular complexity index is 1010. The molecule has 2 aromatic heterocycles. The molecule has 0 aliphatic carbocycles. The van der Waals surface area contributed by atoms with E-state index in [1.54, 1.807) is 24.5 Å². The molecule has 0 saturated heterocycles. The Labute approximate surface area is 164 Å². The van der Waals surface area contributed by atoms with E-state index in [-0.39, 0.29) is 17.3 Å². The molecule has 1 amide bonds. The maximum Gasteiger partial charge on any atom is 0.271 e. The Morgan fingerprint density at radius 1 is 1.29 bits per heavy atom. The summed E-state index contributed by atoms with van der Waals surface area (Å²) < 4.78 is 1.85. The number of nitrogens with one attached hydrogen (secondary N) is 1. The van der Waals surface area contributed by atoms with Crippen LogP contribution in [0, 0.1) is 10.1 Å². The van der Waals surface area contributed by atoms with Crippen LogP contribution in [0.3, 0.4) is 0 Å². The summed E-state index contributed by atoms with van der Waals surface area (Å²) in [4.78, 5) is 26.5. The van der Waals surface area contributed by atoms with Crippen LogP contribution in [0.4, 0.5) is 11.4 Å². The van der Waals surface area contributed by atoms with Gasteiger partial charge in [-0.3, -0.25) is 24.5 Å². The number of anilines is 1. The number of thioether (sulfide) groups is 1. The lowest BCUT2D eigenvalue weighted by molar-refractivity contribution is -0.384. The SMILES string of the molecule is C=CCn1c(SCC(=O)Nc2cccc([N+](=O)[O-])c2)nnc1-c1ccncc1. The zero-order valence-electron chi connectivity index (χ0n) is 14.7. The highest BCUT2D eigenvalue weighted by molar-refractivity contribution is 7.99. The lowest BCUT2D eigenvalue weighted by Gasteiger charge is -2.08. The Balaban J connectivity index is 1.69. The van der Waals surface area contributed by atoms with E-state index in [0.29, 0.717) is 23.2 Å². The third kappa shape index (κ3) is 4.60. The second kappa shape index (κ2) is 8.91. The summed E-state index contributed by atoms with van der Waals surface area (Å²) in [5.41, 5.74) is 1.14. The van der Waals surface area contributed by atoms with Crippen molar-refractivity contribution in [3.8, 4) is 11.4 Å². The van der Waals surface area contributed by atoms with Gasteiger partial charge in [-0.15, -0.1) is 16.8 Å². The average Bonchev–Trinajstić information content (AvgIpc) is 3.10. The van der Waals surface area contributed by atoms with Crippen LogP contribution in [0.15, 0.2) is 66.6 Å². The topological polar surface area (TPSA) is 116 Å². The standard InChI is InChI=1S/C18H16N6O3S/c1-2-10-23-17(13-6-8-19-9-7-13)21-22-18(23)28-12-16(25)20-14-4-3-5-15(11-14)24(26)27/h2-9,11H,1,10,12H2,(H,20,25). The number of carbonyl (C=O) groups excluding carboxylic acids is 1. The van der Waals surface area contributed by atoms with Gasteiger partial charge in [0.25, 0.3) is 5.69 Å². The molecule has 0 atom stereocenters. The van der Waals surface area contributed by atoms with E-state index in [4.69, 9.17) is 0 Å². The number of nitrogens with zero attached hydrogens (tertiary/aromatic N) is 5. The van der Waals surface area contributed by atoms with Gasteiger partial charge < -0.3 is 5.32 Å². The van der Waals surface area contributed by atoms with E-state index in [1.165, 1.54) is 30.0 Å². The summed E-state index contributed by atoms with van der Waals surface area (Å²) >= 11 is 1.22. The number of nitro groups is 1. The number of aromatic nitrogens is 4. The number of nitro benzene ring substituents is 1. The van der Waals surface area contributed by atoms with Crippen molar-refractivity contribution in [1.29, 1.82) is 0 Å². The minimum absolute atomic E-state index is 0.0777. The van der Waals surface area contributed by atoms with E-state index in [2.05, 4.69) is 27.1 Å². The number of hydrogen-bond acceptors (Lipinski definition) is 7. The zero-order valence-corrected chi connectivity index (χ0v) is 15.5. The molecular weight excluding hydrogens is 380 g/mol. The largest absolute Gasteiger partial charge is 0.325 e. The molecule has 2 heterocycles. The first-order chi connectivity index (χ1) is 13.6. The van der Waals surface area contributed by atoms with Gasteiger partial charge in [-0.05, 0) is 18.2 Å². The Morgan fingerprint density at radius 2 is 2.07 bits per heavy atom. The highest BCUT2D eigenvalue weighted by atomic mass is 32.2. The lowest BCUT2D eigenvalue weighted by atomic mass is 10.2. The predicted octanol–water partition coefficient (Wildman–Crippen LogP) is 3.17. The lowest BCUT2D eigenvalue weighted by Crippen LogP contribution is -2.14. The summed E-state index contributed by atoms with van der Waals surface area (Å²) in [5.74, 6) is 0.432. The van der Waals surface area contributed by atoms with Gasteiger partial charge in [0, 0.05) is 42.3 Å². The zero-order chi connectivity index (χ0) is 19.9. The van der Waals surface area contributed by atoms with Gasteiger partial charge in [-0.25, -0.2) is 0 Å². The number of amides is 1. The third-order valence-electron chi connectivity index (χ3n) is 3.64. The van der Waals surface area contributed by atoms with Gasteiger partial charge in [0.15, 0.2) is 11.0 Å². The van der Waals surface area contributed by atoms with E-state index in [0.717, 1.165) is 5.56 Å². The summed E-state index contributed by atoms with van der Waals surface area (Å²) in [6.45, 7) is 4.24. The first-order valence-corrected chi connectivity index (χ1v) is 9.18. The van der Waals surface area contributed by atoms with Gasteiger partial charge in [0.2, 0.25) is 5.91 Å². The van der Waals surface area contributed by atoms with Gasteiger partial charge in [-0.1, -0.05) is 23.9 Å². The van der Waals surface area contributed by atoms with Crippen molar-refractivity contribution in [3.63, 3.8) is 0 Å². The van der Waals surface area contributed by atoms with Crippen molar-refractivity contribution in [3.05, 3.63) is 71.6 Å². The minimum atomic E-state index is -0.511. The number of hydrogen-bond donors (Lipinski definition) is 1. The number of carbonyl (C=O) groups is 1. The fraction of sp³-hybridized carbons (Fsp3) is 0.111. The minimum Gasteiger partial charge on any atom is -0.325 e. The highest BCUT2D eigenvalue weighted by Crippen LogP contribution is 2.24. The van der Waals surface area contributed by atoms with Crippen molar-refractivity contribution >= 4 is 29.0 Å². The Morgan fingerprint density at radius 3 is 2.79 bits per heavy atom. The molecule has 1 N–H and O–H groups in total. The first kappa shape index (κ1) is 19.2. The molecular formula is C18H16N6O3S. The van der Waals surface area contributed by atoms with Gasteiger partial charge in [0.1, 0.15) is 0 Å². The molecule has 28 heavy (non-hydrogen) atoms. The number of non-ortho nitro benzene ring substituents is 1. The van der Waals surface area contributed by atoms with Crippen LogP contribution in [0.5, 0.6) is 0 Å². The quantitative estimate of drug-likeness (QED) is 0.269. The number of allylic oxidation sites excluding steroid dienone is 1. The molecule has 3 aromatic rings. The molecule has 0 saturated carbocycles. The molecule has 3 rings (SSSR count). The monoisotopic (exact) mass is 396 g/mol. The van der Waals surface area contributed by atoms with Crippen molar-refractivity contribution < 1.29 is 9.72 Å². The van der Waals surface area contributed by atoms with Crippen molar-refractivity contribution in [2.75, 3.05) is 11.1 Å². The normalized spacial score (nSPS) is 10.4. The highest BCUT2D eigenvalue weighted by Gasteiger charge is 2.15. The van der Waals surface area contributed by atoms with Crippen LogP contribution in [0.1, 0.15) is 0 Å². The van der Waals surface area contributed by atoms with Crippen LogP contribution in [0.25, 0.3) is 11.4 Å². The van der Waals surface area contributed by atoms with E-state index in [1.807, 2.05) is 16.7 Å². The van der Waals surface area contributed by atoms with E-state index < -0.39 is 4.92 Å². The second-order valence-corrected chi connectivity index (χ2v) is 6.53. The second-order valence-electron chi connectivity index (χ2n) is 5.59. The maximum absolute atomic E-state index is 12.2. The van der Waals surface area contributed by atoms with Crippen LogP contribution in [0.2, 0.25) is 0 Å². The van der Waals surface area contributed by atoms with Crippen LogP contribution >= 0.6 is 11.8 Å². The molecule has 0 radical (unpaired) electrons. The fourth-order valence-electron chi connectivity index (χ4n) is 2.43. The van der Waals surface area contributed by atoms with Crippen LogP contribution in [-0.2, 0) is 11.3 Å². The molecule has 10 heteroatoms. The van der Waals surface area contributed by atoms with E-state index in [9.17, 15) is 14.9 Å². The van der Waals surface area contributed by atoms with E-state index >= 15 is 0 Å². The molecule has 0 unspecified atom stereocenters. The van der Waals surface area contributed by atoms with Gasteiger partial charge >= 0.3 is 0 Å². The third-order valence-corrected chi connectivity index (χ3v) is 4.61. The van der Waals surface area contributed by atoms with Gasteiger partial charge in [0.05, 0.1) is 10.7 Å². The Hall–Kier alpha value is -3.53. The van der Waals surface area contributed by atoms with Crippen LogP contribution in [-0.4, -0.2) is 36.3 Å². The molecule has 0 aliphatic rings. The van der Waals surface area contributed by atoms with Crippen molar-refractivity contribution in [2.24, 2.45) is 0 Å². The van der Waals surface area contributed by atoms with Crippen molar-refractivity contribution in [2.45, 2.75) is 11.7 Å². The summed E-state index contributed by atoms with van der Waals surface area (Å²) in [6.07, 6.45) is 5.06. The molecule has 1 aromatic carbocycles. The number of benzene rings is 1. The first-order valence-electron chi connectivity index (χ1n) is 8.20. The van der Waals surface area contributed by atoms with Crippen LogP contribution < -0.4 is 5.32 Å². The summed E-state index contributed by atoms with van der Waals surface area (Å²) in [6, 6.07) is 9.44. The molecule has 0 aliphatic heterocycles. The molecule has 0 spiro atoms. The smallest absolute Gasteiger partial charge is 0.271 e. The summed E-state index contributed by atoms with van der Waals surface area (Å²) in [7, 11) is 0. The molecule has 9 nitrogen and oxygen atoms in total. The maximum atomic E-state index is 12.2. The molecule has 0 bridgehead atoms. The van der Waals surface area contributed by atoms with Gasteiger partial charge in [-0.2, -0.15) is 0 Å². The molecule has 0 fully saturated rings. The Kier molecular flexibility index (Phi) is 6.12. The number of rotatable bonds is 8. The molecule has 142 valence electrons. The average molecular weight is 396 g/mol. The number of pyridine rings is 1. The fourth-order valence-corrected chi connectivity index (χ4v) is 3.18. The van der Waals surface area contributed by atoms with Crippen molar-refractivity contribution in [1.82, 2.24) is 19.7 Å².